The number of hydrogen-bond donors (Lipinski definition) is 2. The number of carbonyl (C=O) groups is 1. The maximum Gasteiger partial charge on any atom is 0.240 e. The summed E-state index contributed by atoms with van der Waals surface area (Å²) < 4.78 is -0.310. The third kappa shape index (κ3) is 2.14. The molecular formula is C11H15N3OS. The molecule has 0 bridgehead atoms. The van der Waals surface area contributed by atoms with E-state index in [-0.39, 0.29) is 10.7 Å². The van der Waals surface area contributed by atoms with Crippen LogP contribution in [0.1, 0.15) is 19.8 Å². The van der Waals surface area contributed by atoms with Gasteiger partial charge in [0, 0.05) is 6.20 Å². The molecule has 1 unspecified atom stereocenters. The van der Waals surface area contributed by atoms with Gasteiger partial charge in [0.05, 0.1) is 22.3 Å². The van der Waals surface area contributed by atoms with E-state index in [0.29, 0.717) is 11.4 Å². The number of nitrogens with two attached hydrogens (primary N) is 1. The minimum absolute atomic E-state index is 0.0351. The molecule has 2 heterocycles. The number of anilines is 2. The molecule has 1 atom stereocenters. The van der Waals surface area contributed by atoms with Crippen molar-refractivity contribution in [2.24, 2.45) is 0 Å². The lowest BCUT2D eigenvalue weighted by molar-refractivity contribution is -0.118. The van der Waals surface area contributed by atoms with Gasteiger partial charge in [-0.3, -0.25) is 9.78 Å². The number of amides is 1. The summed E-state index contributed by atoms with van der Waals surface area (Å²) in [5, 5.41) is 2.87. The Morgan fingerprint density at radius 3 is 3.12 bits per heavy atom. The molecule has 1 aliphatic heterocycles. The summed E-state index contributed by atoms with van der Waals surface area (Å²) in [7, 11) is 0. The van der Waals surface area contributed by atoms with Crippen LogP contribution in [0.3, 0.4) is 0 Å². The van der Waals surface area contributed by atoms with E-state index in [0.717, 1.165) is 18.6 Å². The first-order chi connectivity index (χ1) is 7.62. The molecule has 4 nitrogen and oxygen atoms in total. The Morgan fingerprint density at radius 1 is 1.69 bits per heavy atom. The zero-order chi connectivity index (χ0) is 11.6. The molecule has 5 heteroatoms. The van der Waals surface area contributed by atoms with E-state index >= 15 is 0 Å². The fourth-order valence-corrected chi connectivity index (χ4v) is 2.94. The van der Waals surface area contributed by atoms with Crippen LogP contribution in [-0.2, 0) is 4.79 Å². The van der Waals surface area contributed by atoms with Crippen LogP contribution in [0.2, 0.25) is 0 Å². The quantitative estimate of drug-likeness (QED) is 0.824. The molecule has 0 aliphatic carbocycles. The number of carbonyl (C=O) groups excluding carboxylic acids is 1. The highest BCUT2D eigenvalue weighted by Crippen LogP contribution is 2.38. The monoisotopic (exact) mass is 237 g/mol. The molecule has 1 saturated heterocycles. The summed E-state index contributed by atoms with van der Waals surface area (Å²) in [5.74, 6) is 1.09. The standard InChI is InChI=1S/C11H15N3OS/c1-11(4-2-6-16-11)10(15)14-9-3-5-13-7-8(9)12/h3,5,7H,2,4,6,12H2,1H3,(H,13,14,15). The van der Waals surface area contributed by atoms with Crippen LogP contribution in [0.25, 0.3) is 0 Å². The first-order valence-corrected chi connectivity index (χ1v) is 6.25. The zero-order valence-electron chi connectivity index (χ0n) is 9.19. The Kier molecular flexibility index (Phi) is 3.05. The normalized spacial score (nSPS) is 24.3. The van der Waals surface area contributed by atoms with Gasteiger partial charge in [-0.05, 0) is 31.6 Å². The number of hydrogen-bond acceptors (Lipinski definition) is 4. The fourth-order valence-electron chi connectivity index (χ4n) is 1.73. The number of nitrogens with zero attached hydrogens (tertiary/aromatic N) is 1. The molecule has 0 spiro atoms. The molecular weight excluding hydrogens is 222 g/mol. The van der Waals surface area contributed by atoms with E-state index in [2.05, 4.69) is 10.3 Å². The zero-order valence-corrected chi connectivity index (χ0v) is 10.0. The number of aromatic nitrogens is 1. The van der Waals surface area contributed by atoms with Gasteiger partial charge >= 0.3 is 0 Å². The molecule has 0 aromatic carbocycles. The van der Waals surface area contributed by atoms with Crippen LogP contribution < -0.4 is 11.1 Å². The highest BCUT2D eigenvalue weighted by atomic mass is 32.2. The molecule has 86 valence electrons. The van der Waals surface area contributed by atoms with Crippen LogP contribution in [0, 0.1) is 0 Å². The van der Waals surface area contributed by atoms with Crippen molar-refractivity contribution in [1.82, 2.24) is 4.98 Å². The summed E-state index contributed by atoms with van der Waals surface area (Å²) in [5.41, 5.74) is 6.88. The summed E-state index contributed by atoms with van der Waals surface area (Å²) in [6.07, 6.45) is 5.19. The average Bonchev–Trinajstić information content (AvgIpc) is 2.70. The molecule has 1 amide bonds. The first kappa shape index (κ1) is 11.3. The van der Waals surface area contributed by atoms with E-state index in [9.17, 15) is 4.79 Å². The van der Waals surface area contributed by atoms with Gasteiger partial charge in [-0.2, -0.15) is 0 Å². The van der Waals surface area contributed by atoms with Crippen LogP contribution in [0.5, 0.6) is 0 Å². The molecule has 0 saturated carbocycles. The second-order valence-corrected chi connectivity index (χ2v) is 5.70. The van der Waals surface area contributed by atoms with Gasteiger partial charge < -0.3 is 11.1 Å². The van der Waals surface area contributed by atoms with Gasteiger partial charge in [-0.15, -0.1) is 11.8 Å². The number of nitrogen functional groups attached to an aromatic ring is 1. The Labute approximate surface area is 99.0 Å². The molecule has 0 radical (unpaired) electrons. The van der Waals surface area contributed by atoms with Crippen molar-refractivity contribution >= 4 is 29.0 Å². The Hall–Kier alpha value is -1.23. The minimum Gasteiger partial charge on any atom is -0.396 e. The highest BCUT2D eigenvalue weighted by Gasteiger charge is 2.37. The highest BCUT2D eigenvalue weighted by molar-refractivity contribution is 8.01. The van der Waals surface area contributed by atoms with Crippen molar-refractivity contribution in [2.45, 2.75) is 24.5 Å². The maximum atomic E-state index is 12.1. The van der Waals surface area contributed by atoms with Crippen LogP contribution in [0.15, 0.2) is 18.5 Å². The van der Waals surface area contributed by atoms with Gasteiger partial charge in [0.25, 0.3) is 0 Å². The average molecular weight is 237 g/mol. The Morgan fingerprint density at radius 2 is 2.50 bits per heavy atom. The van der Waals surface area contributed by atoms with Gasteiger partial charge in [-0.25, -0.2) is 0 Å². The molecule has 1 aromatic rings. The van der Waals surface area contributed by atoms with Crippen molar-refractivity contribution < 1.29 is 4.79 Å². The van der Waals surface area contributed by atoms with Crippen molar-refractivity contribution in [1.29, 1.82) is 0 Å². The number of rotatable bonds is 2. The number of thioether (sulfide) groups is 1. The van der Waals surface area contributed by atoms with E-state index in [4.69, 9.17) is 5.73 Å². The van der Waals surface area contributed by atoms with Crippen molar-refractivity contribution in [3.05, 3.63) is 18.5 Å². The predicted molar refractivity (Wildman–Crippen MR) is 67.4 cm³/mol. The fraction of sp³-hybridized carbons (Fsp3) is 0.455. The third-order valence-electron chi connectivity index (χ3n) is 2.80. The number of nitrogens with one attached hydrogen (secondary N) is 1. The van der Waals surface area contributed by atoms with E-state index in [1.807, 2.05) is 6.92 Å². The molecule has 2 rings (SSSR count). The summed E-state index contributed by atoms with van der Waals surface area (Å²) in [6.45, 7) is 1.98. The molecule has 16 heavy (non-hydrogen) atoms. The van der Waals surface area contributed by atoms with Crippen molar-refractivity contribution in [2.75, 3.05) is 16.8 Å². The Bertz CT molecular complexity index is 402. The van der Waals surface area contributed by atoms with Crippen LogP contribution in [-0.4, -0.2) is 21.4 Å². The van der Waals surface area contributed by atoms with Gasteiger partial charge in [0.2, 0.25) is 5.91 Å². The topological polar surface area (TPSA) is 68.0 Å². The van der Waals surface area contributed by atoms with Crippen molar-refractivity contribution in [3.8, 4) is 0 Å². The van der Waals surface area contributed by atoms with Gasteiger partial charge in [-0.1, -0.05) is 0 Å². The van der Waals surface area contributed by atoms with Crippen molar-refractivity contribution in [3.63, 3.8) is 0 Å². The largest absolute Gasteiger partial charge is 0.396 e. The van der Waals surface area contributed by atoms with E-state index in [1.165, 1.54) is 0 Å². The first-order valence-electron chi connectivity index (χ1n) is 5.27. The minimum atomic E-state index is -0.310. The SMILES string of the molecule is CC1(C(=O)Nc2ccncc2N)CCCS1. The lowest BCUT2D eigenvalue weighted by atomic mass is 10.0. The smallest absolute Gasteiger partial charge is 0.240 e. The number of pyridine rings is 1. The van der Waals surface area contributed by atoms with Gasteiger partial charge in [0.1, 0.15) is 0 Å². The molecule has 1 fully saturated rings. The molecule has 1 aromatic heterocycles. The van der Waals surface area contributed by atoms with Crippen LogP contribution in [0.4, 0.5) is 11.4 Å². The lowest BCUT2D eigenvalue weighted by Gasteiger charge is -2.21. The van der Waals surface area contributed by atoms with Gasteiger partial charge in [0.15, 0.2) is 0 Å². The second kappa shape index (κ2) is 4.33. The summed E-state index contributed by atoms with van der Waals surface area (Å²) >= 11 is 1.71. The summed E-state index contributed by atoms with van der Waals surface area (Å²) in [6, 6.07) is 1.72. The van der Waals surface area contributed by atoms with E-state index < -0.39 is 0 Å². The van der Waals surface area contributed by atoms with Crippen LogP contribution >= 0.6 is 11.8 Å². The maximum absolute atomic E-state index is 12.1. The summed E-state index contributed by atoms with van der Waals surface area (Å²) in [4.78, 5) is 16.0. The lowest BCUT2D eigenvalue weighted by Crippen LogP contribution is -2.34. The molecule has 1 aliphatic rings. The second-order valence-electron chi connectivity index (χ2n) is 4.10. The Balaban J connectivity index is 2.10. The third-order valence-corrected chi connectivity index (χ3v) is 4.32. The molecule has 3 N–H and O–H groups in total. The van der Waals surface area contributed by atoms with E-state index in [1.54, 1.807) is 30.2 Å². The predicted octanol–water partition coefficient (Wildman–Crippen LogP) is 1.89.